The van der Waals surface area contributed by atoms with Crippen molar-refractivity contribution in [1.29, 1.82) is 0 Å². The van der Waals surface area contributed by atoms with Gasteiger partial charge in [-0.05, 0) is 48.9 Å². The van der Waals surface area contributed by atoms with Gasteiger partial charge in [0.05, 0.1) is 19.3 Å². The molecule has 0 unspecified atom stereocenters. The molecule has 3 aromatic rings. The van der Waals surface area contributed by atoms with Gasteiger partial charge in [0, 0.05) is 17.6 Å². The summed E-state index contributed by atoms with van der Waals surface area (Å²) in [4.78, 5) is 30.1. The molecular formula is C31H33NO4. The van der Waals surface area contributed by atoms with Crippen LogP contribution in [-0.4, -0.2) is 31.2 Å². The maximum Gasteiger partial charge on any atom is 0.325 e. The second-order valence-corrected chi connectivity index (χ2v) is 9.90. The lowest BCUT2D eigenvalue weighted by Gasteiger charge is -2.40. The number of para-hydroxylation sites is 1. The quantitative estimate of drug-likeness (QED) is 0.322. The minimum atomic E-state index is -1.46. The van der Waals surface area contributed by atoms with Gasteiger partial charge in [0.2, 0.25) is 0 Å². The number of benzene rings is 3. The van der Waals surface area contributed by atoms with E-state index in [0.717, 1.165) is 22.4 Å². The standard InChI is InChI=1S/C31H33NO4/c1-4-35-28(33)31(29(34)36-5-2)20-25(23-16-10-7-11-17-23)30(3)24-18-12-13-19-26(24)32(27(30)31)21-22-14-8-6-9-15-22/h6-19,25,27H,4-5,20-21H2,1-3H3/t25-,27+,30+/m0/s1. The van der Waals surface area contributed by atoms with Crippen LogP contribution < -0.4 is 4.90 Å². The van der Waals surface area contributed by atoms with Crippen molar-refractivity contribution in [2.45, 2.75) is 51.1 Å². The first-order valence-electron chi connectivity index (χ1n) is 12.8. The zero-order valence-electron chi connectivity index (χ0n) is 21.1. The van der Waals surface area contributed by atoms with Gasteiger partial charge in [-0.3, -0.25) is 9.59 Å². The van der Waals surface area contributed by atoms with Gasteiger partial charge in [-0.1, -0.05) is 85.8 Å². The number of rotatable bonds is 7. The van der Waals surface area contributed by atoms with E-state index in [2.05, 4.69) is 48.2 Å². The summed E-state index contributed by atoms with van der Waals surface area (Å²) in [7, 11) is 0. The van der Waals surface area contributed by atoms with E-state index in [0.29, 0.717) is 13.0 Å². The van der Waals surface area contributed by atoms with Crippen LogP contribution in [0.3, 0.4) is 0 Å². The third-order valence-electron chi connectivity index (χ3n) is 8.07. The fraction of sp³-hybridized carbons (Fsp3) is 0.355. The number of carbonyl (C=O) groups excluding carboxylic acids is 2. The molecule has 0 bridgehead atoms. The van der Waals surface area contributed by atoms with Gasteiger partial charge in [0.1, 0.15) is 0 Å². The summed E-state index contributed by atoms with van der Waals surface area (Å²) >= 11 is 0. The molecule has 36 heavy (non-hydrogen) atoms. The summed E-state index contributed by atoms with van der Waals surface area (Å²) in [6, 6.07) is 28.3. The molecule has 5 heteroatoms. The van der Waals surface area contributed by atoms with Gasteiger partial charge >= 0.3 is 11.9 Å². The summed E-state index contributed by atoms with van der Waals surface area (Å²) in [5.74, 6) is -1.08. The molecule has 1 aliphatic carbocycles. The zero-order valence-corrected chi connectivity index (χ0v) is 21.1. The summed E-state index contributed by atoms with van der Waals surface area (Å²) in [6.07, 6.45) is 0.329. The SMILES string of the molecule is CCOC(=O)C1(C(=O)OCC)C[C@@H](c2ccccc2)[C@@]2(C)c3ccccc3N(Cc3ccccc3)[C@@H]12. The summed E-state index contributed by atoms with van der Waals surface area (Å²) in [5.41, 5.74) is 2.43. The van der Waals surface area contributed by atoms with Gasteiger partial charge in [0.15, 0.2) is 5.41 Å². The van der Waals surface area contributed by atoms with E-state index < -0.39 is 28.8 Å². The highest BCUT2D eigenvalue weighted by molar-refractivity contribution is 6.03. The predicted octanol–water partition coefficient (Wildman–Crippen LogP) is 5.63. The topological polar surface area (TPSA) is 55.8 Å². The first-order valence-corrected chi connectivity index (χ1v) is 12.8. The minimum absolute atomic E-state index is 0.0839. The van der Waals surface area contributed by atoms with E-state index in [9.17, 15) is 9.59 Å². The van der Waals surface area contributed by atoms with Crippen molar-refractivity contribution in [3.8, 4) is 0 Å². The third kappa shape index (κ3) is 3.52. The van der Waals surface area contributed by atoms with Crippen LogP contribution >= 0.6 is 0 Å². The molecule has 1 heterocycles. The molecule has 2 aliphatic rings. The molecule has 0 aromatic heterocycles. The summed E-state index contributed by atoms with van der Waals surface area (Å²) in [6.45, 7) is 6.74. The van der Waals surface area contributed by atoms with E-state index in [1.807, 2.05) is 48.5 Å². The number of hydrogen-bond donors (Lipinski definition) is 0. The normalized spacial score (nSPS) is 23.6. The fourth-order valence-corrected chi connectivity index (χ4v) is 6.69. The Kier molecular flexibility index (Phi) is 6.33. The zero-order chi connectivity index (χ0) is 25.3. The van der Waals surface area contributed by atoms with Crippen LogP contribution in [0.1, 0.15) is 49.8 Å². The molecule has 3 atom stereocenters. The second kappa shape index (κ2) is 9.45. The summed E-state index contributed by atoms with van der Waals surface area (Å²) < 4.78 is 11.3. The largest absolute Gasteiger partial charge is 0.465 e. The highest BCUT2D eigenvalue weighted by atomic mass is 16.6. The molecule has 0 saturated heterocycles. The van der Waals surface area contributed by atoms with E-state index >= 15 is 0 Å². The molecule has 3 aromatic carbocycles. The van der Waals surface area contributed by atoms with Crippen molar-refractivity contribution in [3.63, 3.8) is 0 Å². The van der Waals surface area contributed by atoms with Gasteiger partial charge in [0.25, 0.3) is 0 Å². The maximum atomic E-state index is 13.9. The third-order valence-corrected chi connectivity index (χ3v) is 8.07. The molecule has 186 valence electrons. The smallest absolute Gasteiger partial charge is 0.325 e. The van der Waals surface area contributed by atoms with Crippen molar-refractivity contribution in [1.82, 2.24) is 0 Å². The lowest BCUT2D eigenvalue weighted by molar-refractivity contribution is -0.173. The molecule has 0 radical (unpaired) electrons. The molecule has 1 fully saturated rings. The Morgan fingerprint density at radius 3 is 2.00 bits per heavy atom. The van der Waals surface area contributed by atoms with Crippen LogP contribution in [0.2, 0.25) is 0 Å². The van der Waals surface area contributed by atoms with Crippen molar-refractivity contribution in [2.24, 2.45) is 5.41 Å². The van der Waals surface area contributed by atoms with Gasteiger partial charge in [-0.25, -0.2) is 0 Å². The van der Waals surface area contributed by atoms with Crippen LogP contribution in [0.5, 0.6) is 0 Å². The Balaban J connectivity index is 1.77. The number of fused-ring (bicyclic) bond motifs is 3. The average Bonchev–Trinajstić information content (AvgIpc) is 3.33. The molecule has 0 spiro atoms. The second-order valence-electron chi connectivity index (χ2n) is 9.90. The number of esters is 2. The van der Waals surface area contributed by atoms with E-state index in [4.69, 9.17) is 9.47 Å². The number of carbonyl (C=O) groups is 2. The number of nitrogens with zero attached hydrogens (tertiary/aromatic N) is 1. The summed E-state index contributed by atoms with van der Waals surface area (Å²) in [5, 5.41) is 0. The van der Waals surface area contributed by atoms with Gasteiger partial charge in [-0.15, -0.1) is 0 Å². The first-order chi connectivity index (χ1) is 17.5. The molecule has 1 saturated carbocycles. The number of hydrogen-bond acceptors (Lipinski definition) is 5. The van der Waals surface area contributed by atoms with Crippen molar-refractivity contribution in [3.05, 3.63) is 102 Å². The van der Waals surface area contributed by atoms with E-state index in [1.165, 1.54) is 0 Å². The van der Waals surface area contributed by atoms with Crippen LogP contribution in [0, 0.1) is 5.41 Å². The monoisotopic (exact) mass is 483 g/mol. The minimum Gasteiger partial charge on any atom is -0.465 e. The predicted molar refractivity (Wildman–Crippen MR) is 140 cm³/mol. The fourth-order valence-electron chi connectivity index (χ4n) is 6.69. The highest BCUT2D eigenvalue weighted by Gasteiger charge is 2.73. The molecule has 0 N–H and O–H groups in total. The molecule has 5 rings (SSSR count). The lowest BCUT2D eigenvalue weighted by Crippen LogP contribution is -2.57. The van der Waals surface area contributed by atoms with Gasteiger partial charge in [-0.2, -0.15) is 0 Å². The Hall–Kier alpha value is -3.60. The maximum absolute atomic E-state index is 13.9. The van der Waals surface area contributed by atoms with E-state index in [-0.39, 0.29) is 19.1 Å². The van der Waals surface area contributed by atoms with Crippen molar-refractivity contribution in [2.75, 3.05) is 18.1 Å². The lowest BCUT2D eigenvalue weighted by atomic mass is 9.69. The number of anilines is 1. The van der Waals surface area contributed by atoms with Crippen LogP contribution in [-0.2, 0) is 31.0 Å². The van der Waals surface area contributed by atoms with Crippen LogP contribution in [0.4, 0.5) is 5.69 Å². The Morgan fingerprint density at radius 1 is 0.833 bits per heavy atom. The first kappa shape index (κ1) is 24.1. The number of ether oxygens (including phenoxy) is 2. The highest BCUT2D eigenvalue weighted by Crippen LogP contribution is 2.66. The molecule has 1 aliphatic heterocycles. The molecule has 5 nitrogen and oxygen atoms in total. The van der Waals surface area contributed by atoms with Crippen LogP contribution in [0.25, 0.3) is 0 Å². The van der Waals surface area contributed by atoms with Gasteiger partial charge < -0.3 is 14.4 Å². The molecule has 0 amide bonds. The van der Waals surface area contributed by atoms with Crippen molar-refractivity contribution >= 4 is 17.6 Å². The van der Waals surface area contributed by atoms with E-state index in [1.54, 1.807) is 13.8 Å². The molecular weight excluding hydrogens is 450 g/mol. The Morgan fingerprint density at radius 2 is 1.39 bits per heavy atom. The average molecular weight is 484 g/mol. The van der Waals surface area contributed by atoms with Crippen LogP contribution in [0.15, 0.2) is 84.9 Å². The Bertz CT molecular complexity index is 1220. The van der Waals surface area contributed by atoms with Crippen molar-refractivity contribution < 1.29 is 19.1 Å². The Labute approximate surface area is 213 Å².